The Balaban J connectivity index is 1.51. The van der Waals surface area contributed by atoms with Gasteiger partial charge in [0.05, 0.1) is 11.7 Å². The Hall–Kier alpha value is -2.02. The highest BCUT2D eigenvalue weighted by molar-refractivity contribution is 5.96. The molecule has 0 unspecified atom stereocenters. The monoisotopic (exact) mass is 343 g/mol. The number of aromatic nitrogens is 4. The van der Waals surface area contributed by atoms with Gasteiger partial charge in [-0.2, -0.15) is 0 Å². The van der Waals surface area contributed by atoms with Crippen LogP contribution in [-0.4, -0.2) is 44.6 Å². The summed E-state index contributed by atoms with van der Waals surface area (Å²) < 4.78 is 7.57. The van der Waals surface area contributed by atoms with E-state index < -0.39 is 0 Å². The van der Waals surface area contributed by atoms with Crippen molar-refractivity contribution in [2.75, 3.05) is 6.61 Å². The van der Waals surface area contributed by atoms with Crippen LogP contribution in [0.25, 0.3) is 11.2 Å². The summed E-state index contributed by atoms with van der Waals surface area (Å²) in [5.41, 5.74) is 1.98. The largest absolute Gasteiger partial charge is 0.378 e. The number of carbonyl (C=O) groups is 1. The molecule has 4 rings (SSSR count). The zero-order chi connectivity index (χ0) is 17.4. The Labute approximate surface area is 147 Å². The maximum atomic E-state index is 12.7. The van der Waals surface area contributed by atoms with E-state index in [1.165, 1.54) is 19.3 Å². The number of hydrogen-bond donors (Lipinski definition) is 1. The summed E-state index contributed by atoms with van der Waals surface area (Å²) >= 11 is 0. The van der Waals surface area contributed by atoms with E-state index in [2.05, 4.69) is 20.6 Å². The Morgan fingerprint density at radius 1 is 1.40 bits per heavy atom. The first-order chi connectivity index (χ1) is 12.1. The highest BCUT2D eigenvalue weighted by atomic mass is 16.5. The zero-order valence-corrected chi connectivity index (χ0v) is 14.9. The fraction of sp³-hybridized carbons (Fsp3) is 0.667. The van der Waals surface area contributed by atoms with E-state index in [0.717, 1.165) is 25.9 Å². The summed E-state index contributed by atoms with van der Waals surface area (Å²) in [6, 6.07) is 1.95. The molecule has 2 aliphatic carbocycles. The maximum absolute atomic E-state index is 12.7. The Kier molecular flexibility index (Phi) is 4.19. The molecule has 7 nitrogen and oxygen atoms in total. The number of aryl methyl sites for hydroxylation is 1. The van der Waals surface area contributed by atoms with E-state index in [0.29, 0.717) is 16.7 Å². The molecule has 2 aromatic rings. The molecule has 0 radical (unpaired) electrons. The molecule has 7 heteroatoms. The van der Waals surface area contributed by atoms with Gasteiger partial charge in [0.25, 0.3) is 5.91 Å². The van der Waals surface area contributed by atoms with Crippen molar-refractivity contribution in [1.82, 2.24) is 25.3 Å². The van der Waals surface area contributed by atoms with Crippen LogP contribution in [-0.2, 0) is 11.8 Å². The second kappa shape index (κ2) is 6.37. The highest BCUT2D eigenvalue weighted by Gasteiger charge is 2.56. The fourth-order valence-corrected chi connectivity index (χ4v) is 4.56. The van der Waals surface area contributed by atoms with Gasteiger partial charge in [0, 0.05) is 31.3 Å². The Bertz CT molecular complexity index is 781. The molecule has 1 amide bonds. The van der Waals surface area contributed by atoms with Crippen LogP contribution in [0.3, 0.4) is 0 Å². The van der Waals surface area contributed by atoms with Crippen LogP contribution in [0.1, 0.15) is 55.8 Å². The summed E-state index contributed by atoms with van der Waals surface area (Å²) in [5.74, 6) is -0.0787. The van der Waals surface area contributed by atoms with Crippen LogP contribution in [0, 0.1) is 5.41 Å². The predicted octanol–water partition coefficient (Wildman–Crippen LogP) is 2.22. The van der Waals surface area contributed by atoms with Gasteiger partial charge in [-0.05, 0) is 32.3 Å². The quantitative estimate of drug-likeness (QED) is 0.920. The first-order valence-corrected chi connectivity index (χ1v) is 9.22. The molecule has 2 saturated carbocycles. The molecule has 0 aliphatic heterocycles. The topological polar surface area (TPSA) is 81.9 Å². The van der Waals surface area contributed by atoms with Crippen molar-refractivity contribution in [3.05, 3.63) is 17.8 Å². The number of ether oxygens (including phenoxy) is 1. The predicted molar refractivity (Wildman–Crippen MR) is 93.1 cm³/mol. The van der Waals surface area contributed by atoms with Gasteiger partial charge in [0.2, 0.25) is 0 Å². The normalized spacial score (nSPS) is 25.0. The van der Waals surface area contributed by atoms with Crippen LogP contribution in [0.2, 0.25) is 0 Å². The second-order valence-corrected chi connectivity index (χ2v) is 7.28. The van der Waals surface area contributed by atoms with Gasteiger partial charge < -0.3 is 10.1 Å². The van der Waals surface area contributed by atoms with Gasteiger partial charge in [-0.15, -0.1) is 5.10 Å². The molecule has 2 heterocycles. The lowest BCUT2D eigenvalue weighted by Crippen LogP contribution is -2.65. The molecule has 0 saturated heterocycles. The number of carbonyl (C=O) groups excluding carboxylic acids is 1. The summed E-state index contributed by atoms with van der Waals surface area (Å²) in [5, 5.41) is 11.2. The number of rotatable bonds is 4. The van der Waals surface area contributed by atoms with Crippen molar-refractivity contribution in [2.24, 2.45) is 12.5 Å². The number of hydrogen-bond acceptors (Lipinski definition) is 5. The first-order valence-electron chi connectivity index (χ1n) is 9.22. The van der Waals surface area contributed by atoms with Crippen LogP contribution < -0.4 is 5.32 Å². The molecule has 2 aromatic heterocycles. The second-order valence-electron chi connectivity index (χ2n) is 7.28. The molecule has 2 atom stereocenters. The van der Waals surface area contributed by atoms with Crippen LogP contribution >= 0.6 is 0 Å². The molecule has 0 aromatic carbocycles. The van der Waals surface area contributed by atoms with Crippen LogP contribution in [0.5, 0.6) is 0 Å². The number of nitrogens with zero attached hydrogens (tertiary/aromatic N) is 4. The van der Waals surface area contributed by atoms with Gasteiger partial charge in [-0.1, -0.05) is 24.5 Å². The van der Waals surface area contributed by atoms with E-state index in [1.54, 1.807) is 24.0 Å². The third-order valence-electron chi connectivity index (χ3n) is 5.95. The third-order valence-corrected chi connectivity index (χ3v) is 5.95. The lowest BCUT2D eigenvalue weighted by molar-refractivity contribution is -0.146. The Morgan fingerprint density at radius 3 is 2.96 bits per heavy atom. The van der Waals surface area contributed by atoms with Gasteiger partial charge in [-0.3, -0.25) is 4.79 Å². The minimum absolute atomic E-state index is 0.0787. The molecular formula is C18H25N5O2. The number of pyridine rings is 1. The van der Waals surface area contributed by atoms with Crippen molar-refractivity contribution < 1.29 is 9.53 Å². The summed E-state index contributed by atoms with van der Waals surface area (Å²) in [7, 11) is 1.79. The molecule has 2 fully saturated rings. The summed E-state index contributed by atoms with van der Waals surface area (Å²) in [6.45, 7) is 2.78. The SMILES string of the molecule is CCO[C@@H]1C[C@H](NC(=O)c2cnc3c(c2)nnn3C)C12CCCCC2. The highest BCUT2D eigenvalue weighted by Crippen LogP contribution is 2.53. The number of nitrogens with one attached hydrogen (secondary N) is 1. The van der Waals surface area contributed by atoms with Crippen molar-refractivity contribution >= 4 is 17.1 Å². The minimum atomic E-state index is -0.0787. The van der Waals surface area contributed by atoms with Crippen molar-refractivity contribution in [3.8, 4) is 0 Å². The van der Waals surface area contributed by atoms with E-state index in [4.69, 9.17) is 4.74 Å². The van der Waals surface area contributed by atoms with E-state index >= 15 is 0 Å². The Morgan fingerprint density at radius 2 is 2.20 bits per heavy atom. The van der Waals surface area contributed by atoms with E-state index in [9.17, 15) is 4.79 Å². The molecule has 25 heavy (non-hydrogen) atoms. The van der Waals surface area contributed by atoms with Crippen LogP contribution in [0.15, 0.2) is 12.3 Å². The average Bonchev–Trinajstić information content (AvgIpc) is 3.02. The standard InChI is InChI=1S/C18H25N5O2/c1-3-25-15-10-14(18(15)7-5-4-6-8-18)20-17(24)12-9-13-16(19-11-12)23(2)22-21-13/h9,11,14-15H,3-8,10H2,1-2H3,(H,20,24)/t14-,15+/m0/s1. The van der Waals surface area contributed by atoms with E-state index in [-0.39, 0.29) is 23.5 Å². The summed E-state index contributed by atoms with van der Waals surface area (Å²) in [6.07, 6.45) is 8.81. The minimum Gasteiger partial charge on any atom is -0.378 e. The smallest absolute Gasteiger partial charge is 0.253 e. The average molecular weight is 343 g/mol. The van der Waals surface area contributed by atoms with Crippen molar-refractivity contribution in [1.29, 1.82) is 0 Å². The van der Waals surface area contributed by atoms with Gasteiger partial charge >= 0.3 is 0 Å². The van der Waals surface area contributed by atoms with Gasteiger partial charge in [-0.25, -0.2) is 9.67 Å². The molecule has 0 bridgehead atoms. The zero-order valence-electron chi connectivity index (χ0n) is 14.9. The molecule has 1 N–H and O–H groups in total. The fourth-order valence-electron chi connectivity index (χ4n) is 4.56. The summed E-state index contributed by atoms with van der Waals surface area (Å²) in [4.78, 5) is 17.1. The van der Waals surface area contributed by atoms with Crippen molar-refractivity contribution in [2.45, 2.75) is 57.6 Å². The number of fused-ring (bicyclic) bond motifs is 1. The van der Waals surface area contributed by atoms with Gasteiger partial charge in [0.15, 0.2) is 5.65 Å². The third kappa shape index (κ3) is 2.70. The molecule has 2 aliphatic rings. The van der Waals surface area contributed by atoms with Gasteiger partial charge in [0.1, 0.15) is 5.52 Å². The number of amides is 1. The van der Waals surface area contributed by atoms with Crippen LogP contribution in [0.4, 0.5) is 0 Å². The maximum Gasteiger partial charge on any atom is 0.253 e. The van der Waals surface area contributed by atoms with E-state index in [1.807, 2.05) is 6.92 Å². The van der Waals surface area contributed by atoms with Crippen molar-refractivity contribution in [3.63, 3.8) is 0 Å². The molecule has 134 valence electrons. The first kappa shape index (κ1) is 16.4. The lowest BCUT2D eigenvalue weighted by Gasteiger charge is -2.57. The lowest BCUT2D eigenvalue weighted by atomic mass is 9.55. The molecule has 1 spiro atoms. The molecular weight excluding hydrogens is 318 g/mol.